The molecule has 0 N–H and O–H groups in total. The molecular weight excluding hydrogens is 328 g/mol. The second-order valence-corrected chi connectivity index (χ2v) is 7.64. The average Bonchev–Trinajstić information content (AvgIpc) is 3.37. The number of piperidine rings is 3. The lowest BCUT2D eigenvalue weighted by atomic mass is 9.75. The van der Waals surface area contributed by atoms with E-state index in [1.54, 1.807) is 25.5 Å². The Bertz CT molecular complexity index is 795. The maximum Gasteiger partial charge on any atom is 0.289 e. The Kier molecular flexibility index (Phi) is 3.78. The molecule has 0 aliphatic carbocycles. The number of hydrogen-bond donors (Lipinski definition) is 0. The van der Waals surface area contributed by atoms with E-state index in [1.165, 1.54) is 18.4 Å². The maximum atomic E-state index is 13.2. The summed E-state index contributed by atoms with van der Waals surface area (Å²) in [6, 6.07) is 12.5. The van der Waals surface area contributed by atoms with Gasteiger partial charge in [-0.1, -0.05) is 18.2 Å². The normalized spacial score (nSPS) is 32.5. The van der Waals surface area contributed by atoms with Gasteiger partial charge in [0.1, 0.15) is 5.75 Å². The van der Waals surface area contributed by atoms with E-state index in [2.05, 4.69) is 21.9 Å². The molecule has 4 fully saturated rings. The SMILES string of the molecule is COc1ccccc1[C@@H]1CN(C(=O)c2ccco2)[C@@H]2C3CCN(CC3)[C@@H]21. The van der Waals surface area contributed by atoms with Crippen LogP contribution in [-0.4, -0.2) is 54.5 Å². The first-order chi connectivity index (χ1) is 12.8. The van der Waals surface area contributed by atoms with E-state index in [0.717, 1.165) is 25.4 Å². The minimum absolute atomic E-state index is 0.0242. The van der Waals surface area contributed by atoms with Crippen LogP contribution in [0.25, 0.3) is 0 Å². The molecule has 5 heterocycles. The first-order valence-electron chi connectivity index (χ1n) is 9.49. The molecule has 2 bridgehead atoms. The molecule has 0 spiro atoms. The Morgan fingerprint density at radius 3 is 2.65 bits per heavy atom. The molecule has 1 aromatic carbocycles. The van der Waals surface area contributed by atoms with Crippen molar-refractivity contribution in [1.29, 1.82) is 0 Å². The predicted molar refractivity (Wildman–Crippen MR) is 97.4 cm³/mol. The number of fused-ring (bicyclic) bond motifs is 2. The second-order valence-electron chi connectivity index (χ2n) is 7.64. The number of nitrogens with zero attached hydrogens (tertiary/aromatic N) is 2. The van der Waals surface area contributed by atoms with Crippen molar-refractivity contribution in [3.8, 4) is 5.75 Å². The van der Waals surface area contributed by atoms with Crippen molar-refractivity contribution < 1.29 is 13.9 Å². The zero-order valence-electron chi connectivity index (χ0n) is 15.0. The van der Waals surface area contributed by atoms with Gasteiger partial charge in [-0.3, -0.25) is 9.69 Å². The number of furan rings is 1. The van der Waals surface area contributed by atoms with Gasteiger partial charge in [0.2, 0.25) is 0 Å². The van der Waals surface area contributed by atoms with E-state index >= 15 is 0 Å². The van der Waals surface area contributed by atoms with Crippen LogP contribution in [0.15, 0.2) is 47.1 Å². The smallest absolute Gasteiger partial charge is 0.289 e. The lowest BCUT2D eigenvalue weighted by Crippen LogP contribution is -2.60. The molecule has 2 aromatic rings. The highest BCUT2D eigenvalue weighted by atomic mass is 16.5. The summed E-state index contributed by atoms with van der Waals surface area (Å²) >= 11 is 0. The summed E-state index contributed by atoms with van der Waals surface area (Å²) in [4.78, 5) is 17.8. The minimum atomic E-state index is 0.0242. The van der Waals surface area contributed by atoms with Crippen molar-refractivity contribution in [2.45, 2.75) is 30.8 Å². The monoisotopic (exact) mass is 352 g/mol. The van der Waals surface area contributed by atoms with Gasteiger partial charge in [-0.25, -0.2) is 0 Å². The van der Waals surface area contributed by atoms with Crippen molar-refractivity contribution in [2.75, 3.05) is 26.7 Å². The van der Waals surface area contributed by atoms with Crippen molar-refractivity contribution in [1.82, 2.24) is 9.80 Å². The van der Waals surface area contributed by atoms with Gasteiger partial charge in [0.05, 0.1) is 19.4 Å². The summed E-state index contributed by atoms with van der Waals surface area (Å²) in [7, 11) is 1.73. The summed E-state index contributed by atoms with van der Waals surface area (Å²) in [5.41, 5.74) is 1.22. The predicted octanol–water partition coefficient (Wildman–Crippen LogP) is 2.99. The number of para-hydroxylation sites is 1. The number of carbonyl (C=O) groups is 1. The Morgan fingerprint density at radius 1 is 1.12 bits per heavy atom. The molecule has 1 amide bonds. The highest BCUT2D eigenvalue weighted by molar-refractivity contribution is 5.92. The highest BCUT2D eigenvalue weighted by Gasteiger charge is 2.55. The van der Waals surface area contributed by atoms with E-state index in [1.807, 2.05) is 12.1 Å². The lowest BCUT2D eigenvalue weighted by Gasteiger charge is -2.51. The molecule has 4 aliphatic heterocycles. The Balaban J connectivity index is 1.56. The molecular formula is C21H24N2O3. The van der Waals surface area contributed by atoms with Crippen molar-refractivity contribution in [3.05, 3.63) is 54.0 Å². The topological polar surface area (TPSA) is 45.9 Å². The van der Waals surface area contributed by atoms with Crippen molar-refractivity contribution in [2.24, 2.45) is 5.92 Å². The van der Waals surface area contributed by atoms with Crippen LogP contribution in [0.5, 0.6) is 5.75 Å². The van der Waals surface area contributed by atoms with E-state index in [9.17, 15) is 4.79 Å². The quantitative estimate of drug-likeness (QED) is 0.852. The van der Waals surface area contributed by atoms with E-state index in [0.29, 0.717) is 17.7 Å². The van der Waals surface area contributed by atoms with Gasteiger partial charge in [-0.05, 0) is 50.0 Å². The van der Waals surface area contributed by atoms with Crippen LogP contribution in [-0.2, 0) is 0 Å². The summed E-state index contributed by atoms with van der Waals surface area (Å²) in [5, 5.41) is 0. The van der Waals surface area contributed by atoms with Crippen LogP contribution in [0, 0.1) is 5.92 Å². The number of methoxy groups -OCH3 is 1. The number of benzene rings is 1. The van der Waals surface area contributed by atoms with Crippen LogP contribution in [0.3, 0.4) is 0 Å². The zero-order valence-corrected chi connectivity index (χ0v) is 15.0. The summed E-state index contributed by atoms with van der Waals surface area (Å²) in [5.74, 6) is 2.25. The molecule has 5 nitrogen and oxygen atoms in total. The molecule has 1 aromatic heterocycles. The van der Waals surface area contributed by atoms with Crippen LogP contribution >= 0.6 is 0 Å². The van der Waals surface area contributed by atoms with Gasteiger partial charge in [0.15, 0.2) is 5.76 Å². The second kappa shape index (κ2) is 6.16. The van der Waals surface area contributed by atoms with Gasteiger partial charge in [0, 0.05) is 24.1 Å². The zero-order chi connectivity index (χ0) is 17.7. The highest BCUT2D eigenvalue weighted by Crippen LogP contribution is 2.48. The first-order valence-corrected chi connectivity index (χ1v) is 9.49. The molecule has 26 heavy (non-hydrogen) atoms. The molecule has 4 saturated heterocycles. The van der Waals surface area contributed by atoms with Crippen molar-refractivity contribution >= 4 is 5.91 Å². The third-order valence-corrected chi connectivity index (χ3v) is 6.53. The number of rotatable bonds is 3. The molecule has 0 radical (unpaired) electrons. The maximum absolute atomic E-state index is 13.2. The van der Waals surface area contributed by atoms with Crippen molar-refractivity contribution in [3.63, 3.8) is 0 Å². The summed E-state index contributed by atoms with van der Waals surface area (Å²) < 4.78 is 11.1. The van der Waals surface area contributed by atoms with Crippen LogP contribution in [0.4, 0.5) is 0 Å². The Labute approximate surface area is 153 Å². The number of ether oxygens (including phenoxy) is 1. The molecule has 0 saturated carbocycles. The molecule has 4 aliphatic rings. The fourth-order valence-electron chi connectivity index (χ4n) is 5.44. The number of likely N-dealkylation sites (tertiary alicyclic amines) is 1. The Morgan fingerprint density at radius 2 is 1.92 bits per heavy atom. The average molecular weight is 352 g/mol. The van der Waals surface area contributed by atoms with Gasteiger partial charge >= 0.3 is 0 Å². The molecule has 136 valence electrons. The van der Waals surface area contributed by atoms with Crippen LogP contribution in [0.2, 0.25) is 0 Å². The fourth-order valence-corrected chi connectivity index (χ4v) is 5.44. The molecule has 3 atom stereocenters. The van der Waals surface area contributed by atoms with Gasteiger partial charge < -0.3 is 14.1 Å². The van der Waals surface area contributed by atoms with Gasteiger partial charge in [-0.15, -0.1) is 0 Å². The molecule has 6 rings (SSSR count). The first kappa shape index (κ1) is 15.9. The fraction of sp³-hybridized carbons (Fsp3) is 0.476. The van der Waals surface area contributed by atoms with E-state index in [4.69, 9.17) is 9.15 Å². The Hall–Kier alpha value is -2.27. The van der Waals surface area contributed by atoms with E-state index < -0.39 is 0 Å². The summed E-state index contributed by atoms with van der Waals surface area (Å²) in [6.45, 7) is 3.00. The van der Waals surface area contributed by atoms with Crippen LogP contribution in [0.1, 0.15) is 34.9 Å². The number of carbonyl (C=O) groups excluding carboxylic acids is 1. The minimum Gasteiger partial charge on any atom is -0.496 e. The summed E-state index contributed by atoms with van der Waals surface area (Å²) in [6.07, 6.45) is 3.94. The number of amides is 1. The van der Waals surface area contributed by atoms with Crippen LogP contribution < -0.4 is 4.74 Å². The van der Waals surface area contributed by atoms with E-state index in [-0.39, 0.29) is 17.9 Å². The number of hydrogen-bond acceptors (Lipinski definition) is 4. The third-order valence-electron chi connectivity index (χ3n) is 6.53. The standard InChI is InChI=1S/C21H24N2O3/c1-25-17-6-3-2-5-15(17)16-13-23(21(24)18-7-4-12-26-18)19-14-8-10-22(11-9-14)20(16)19/h2-7,12,14,16,19-20H,8-11,13H2,1H3/t16-,19+,20+/m0/s1. The molecule has 0 unspecified atom stereocenters. The van der Waals surface area contributed by atoms with Gasteiger partial charge in [-0.2, -0.15) is 0 Å². The third kappa shape index (κ3) is 2.30. The lowest BCUT2D eigenvalue weighted by molar-refractivity contribution is -0.00438. The van der Waals surface area contributed by atoms with Gasteiger partial charge in [0.25, 0.3) is 5.91 Å². The largest absolute Gasteiger partial charge is 0.496 e. The molecule has 5 heteroatoms.